The molecule has 2 aromatic heterocycles. The molecule has 0 spiro atoms. The number of fused-ring (bicyclic) bond motifs is 6. The predicted octanol–water partition coefficient (Wildman–Crippen LogP) is 5.88. The minimum absolute atomic E-state index is 0.483. The Labute approximate surface area is 175 Å². The van der Waals surface area contributed by atoms with Crippen LogP contribution in [0.15, 0.2) is 60.7 Å². The molecular formula is C26H20N2O2. The van der Waals surface area contributed by atoms with Crippen LogP contribution in [0.5, 0.6) is 11.5 Å². The lowest BCUT2D eigenvalue weighted by Gasteiger charge is -2.26. The summed E-state index contributed by atoms with van der Waals surface area (Å²) in [6, 6.07) is 20.6. The number of ether oxygens (including phenoxy) is 2. The van der Waals surface area contributed by atoms with Crippen LogP contribution in [0.2, 0.25) is 0 Å². The van der Waals surface area contributed by atoms with Crippen molar-refractivity contribution in [1.29, 1.82) is 0 Å². The van der Waals surface area contributed by atoms with Gasteiger partial charge in [0.05, 0.1) is 11.4 Å². The molecular weight excluding hydrogens is 372 g/mol. The molecule has 0 bridgehead atoms. The van der Waals surface area contributed by atoms with Crippen molar-refractivity contribution < 1.29 is 9.47 Å². The minimum Gasteiger partial charge on any atom is -0.488 e. The Bertz CT molecular complexity index is 1220. The fourth-order valence-electron chi connectivity index (χ4n) is 4.49. The lowest BCUT2D eigenvalue weighted by molar-refractivity contribution is 0.300. The highest BCUT2D eigenvalue weighted by Gasteiger charge is 2.27. The van der Waals surface area contributed by atoms with Crippen LogP contribution in [-0.4, -0.2) is 9.97 Å². The summed E-state index contributed by atoms with van der Waals surface area (Å²) in [4.78, 5) is 9.87. The van der Waals surface area contributed by atoms with E-state index < -0.39 is 0 Å². The molecule has 0 aliphatic carbocycles. The second-order valence-corrected chi connectivity index (χ2v) is 7.85. The highest BCUT2D eigenvalue weighted by atomic mass is 16.5. The van der Waals surface area contributed by atoms with Crippen molar-refractivity contribution in [3.05, 3.63) is 83.2 Å². The molecule has 4 nitrogen and oxygen atoms in total. The van der Waals surface area contributed by atoms with Crippen LogP contribution in [0.4, 0.5) is 0 Å². The summed E-state index contributed by atoms with van der Waals surface area (Å²) in [5.74, 6) is 1.83. The molecule has 2 aliphatic rings. The first kappa shape index (κ1) is 17.2. The first-order chi connectivity index (χ1) is 14.7. The van der Waals surface area contributed by atoms with Crippen molar-refractivity contribution in [3.8, 4) is 45.1 Å². The molecule has 0 saturated heterocycles. The Morgan fingerprint density at radius 1 is 0.600 bits per heavy atom. The fourth-order valence-corrected chi connectivity index (χ4v) is 4.49. The molecule has 4 heteroatoms. The Balaban J connectivity index is 1.63. The maximum atomic E-state index is 6.08. The summed E-state index contributed by atoms with van der Waals surface area (Å²) < 4.78 is 12.2. The zero-order chi connectivity index (χ0) is 20.2. The van der Waals surface area contributed by atoms with Gasteiger partial charge >= 0.3 is 0 Å². The van der Waals surface area contributed by atoms with Gasteiger partial charge in [0.15, 0.2) is 0 Å². The van der Waals surface area contributed by atoms with Crippen LogP contribution < -0.4 is 9.47 Å². The molecule has 0 unspecified atom stereocenters. The molecule has 2 aliphatic heterocycles. The Morgan fingerprint density at radius 3 is 1.50 bits per heavy atom. The van der Waals surface area contributed by atoms with Crippen LogP contribution in [0.3, 0.4) is 0 Å². The molecule has 6 rings (SSSR count). The molecule has 146 valence electrons. The van der Waals surface area contributed by atoms with E-state index >= 15 is 0 Å². The number of aromatic nitrogens is 2. The molecule has 0 N–H and O–H groups in total. The Kier molecular flexibility index (Phi) is 3.69. The van der Waals surface area contributed by atoms with Crippen molar-refractivity contribution in [2.24, 2.45) is 0 Å². The highest BCUT2D eigenvalue weighted by molar-refractivity contribution is 5.85. The van der Waals surface area contributed by atoms with Gasteiger partial charge in [-0.25, -0.2) is 0 Å². The lowest BCUT2D eigenvalue weighted by atomic mass is 9.90. The summed E-state index contributed by atoms with van der Waals surface area (Å²) in [6.45, 7) is 5.04. The molecule has 4 aromatic rings. The van der Waals surface area contributed by atoms with Crippen molar-refractivity contribution in [1.82, 2.24) is 9.97 Å². The maximum Gasteiger partial charge on any atom is 0.127 e. The van der Waals surface area contributed by atoms with Crippen LogP contribution in [-0.2, 0) is 13.2 Å². The van der Waals surface area contributed by atoms with Crippen LogP contribution >= 0.6 is 0 Å². The molecule has 2 aromatic carbocycles. The smallest absolute Gasteiger partial charge is 0.127 e. The van der Waals surface area contributed by atoms with Gasteiger partial charge in [-0.3, -0.25) is 9.97 Å². The van der Waals surface area contributed by atoms with E-state index in [0.29, 0.717) is 13.2 Å². The molecule has 4 heterocycles. The topological polar surface area (TPSA) is 44.2 Å². The van der Waals surface area contributed by atoms with Gasteiger partial charge in [0.1, 0.15) is 24.7 Å². The van der Waals surface area contributed by atoms with E-state index in [4.69, 9.17) is 19.4 Å². The van der Waals surface area contributed by atoms with Crippen LogP contribution in [0.25, 0.3) is 33.6 Å². The van der Waals surface area contributed by atoms with Crippen molar-refractivity contribution in [3.63, 3.8) is 0 Å². The maximum absolute atomic E-state index is 6.08. The monoisotopic (exact) mass is 392 g/mol. The predicted molar refractivity (Wildman–Crippen MR) is 116 cm³/mol. The average Bonchev–Trinajstić information content (AvgIpc) is 2.78. The van der Waals surface area contributed by atoms with Crippen LogP contribution in [0, 0.1) is 13.8 Å². The average molecular weight is 392 g/mol. The van der Waals surface area contributed by atoms with E-state index in [1.54, 1.807) is 0 Å². The highest BCUT2D eigenvalue weighted by Crippen LogP contribution is 2.44. The minimum atomic E-state index is 0.483. The Hall–Kier alpha value is -3.66. The van der Waals surface area contributed by atoms with Gasteiger partial charge in [-0.05, 0) is 49.2 Å². The van der Waals surface area contributed by atoms with Gasteiger partial charge in [-0.1, -0.05) is 36.4 Å². The summed E-state index contributed by atoms with van der Waals surface area (Å²) in [5.41, 5.74) is 10.4. The summed E-state index contributed by atoms with van der Waals surface area (Å²) in [7, 11) is 0. The summed E-state index contributed by atoms with van der Waals surface area (Å²) in [5, 5.41) is 0. The normalized spacial score (nSPS) is 13.3. The third-order valence-electron chi connectivity index (χ3n) is 5.83. The largest absolute Gasteiger partial charge is 0.488 e. The SMILES string of the molecule is Cc1cc2c(c(-c3nc(C)cc4c3COc3ccccc3-4)n1)COc1ccccc1-2. The molecule has 0 saturated carbocycles. The van der Waals surface area contributed by atoms with Crippen molar-refractivity contribution >= 4 is 0 Å². The number of hydrogen-bond donors (Lipinski definition) is 0. The second kappa shape index (κ2) is 6.42. The molecule has 0 atom stereocenters. The number of benzene rings is 2. The molecule has 0 radical (unpaired) electrons. The van der Waals surface area contributed by atoms with Gasteiger partial charge in [0.25, 0.3) is 0 Å². The van der Waals surface area contributed by atoms with E-state index in [1.807, 2.05) is 50.2 Å². The first-order valence-electron chi connectivity index (χ1n) is 10.1. The standard InChI is InChI=1S/C26H20N2O2/c1-15-11-19-17-7-3-5-9-23(17)29-13-21(19)25(27-15)26-22-14-30-24-10-6-4-8-18(24)20(22)12-16(2)28-26/h3-12H,13-14H2,1-2H3. The van der Waals surface area contributed by atoms with Gasteiger partial charge < -0.3 is 9.47 Å². The van der Waals surface area contributed by atoms with Crippen molar-refractivity contribution in [2.75, 3.05) is 0 Å². The number of rotatable bonds is 1. The molecule has 30 heavy (non-hydrogen) atoms. The van der Waals surface area contributed by atoms with Gasteiger partial charge in [-0.15, -0.1) is 0 Å². The number of nitrogens with zero attached hydrogens (tertiary/aromatic N) is 2. The Morgan fingerprint density at radius 2 is 1.03 bits per heavy atom. The molecule has 0 amide bonds. The van der Waals surface area contributed by atoms with Gasteiger partial charge in [0.2, 0.25) is 0 Å². The van der Waals surface area contributed by atoms with E-state index in [-0.39, 0.29) is 0 Å². The van der Waals surface area contributed by atoms with E-state index in [9.17, 15) is 0 Å². The number of pyridine rings is 2. The number of aryl methyl sites for hydroxylation is 2. The fraction of sp³-hybridized carbons (Fsp3) is 0.154. The third-order valence-corrected chi connectivity index (χ3v) is 5.83. The van der Waals surface area contributed by atoms with E-state index in [1.165, 1.54) is 11.1 Å². The van der Waals surface area contributed by atoms with Crippen LogP contribution in [0.1, 0.15) is 22.5 Å². The molecule has 0 fully saturated rings. The second-order valence-electron chi connectivity index (χ2n) is 7.85. The van der Waals surface area contributed by atoms with E-state index in [2.05, 4.69) is 24.3 Å². The lowest BCUT2D eigenvalue weighted by Crippen LogP contribution is -2.13. The summed E-state index contributed by atoms with van der Waals surface area (Å²) >= 11 is 0. The zero-order valence-corrected chi connectivity index (χ0v) is 16.9. The van der Waals surface area contributed by atoms with Gasteiger partial charge in [-0.2, -0.15) is 0 Å². The van der Waals surface area contributed by atoms with E-state index in [0.717, 1.165) is 56.5 Å². The van der Waals surface area contributed by atoms with Gasteiger partial charge in [0, 0.05) is 33.6 Å². The number of para-hydroxylation sites is 2. The summed E-state index contributed by atoms with van der Waals surface area (Å²) in [6.07, 6.45) is 0. The number of hydrogen-bond acceptors (Lipinski definition) is 4. The first-order valence-corrected chi connectivity index (χ1v) is 10.1. The third kappa shape index (κ3) is 2.53. The quantitative estimate of drug-likeness (QED) is 0.406. The zero-order valence-electron chi connectivity index (χ0n) is 16.9. The van der Waals surface area contributed by atoms with Crippen molar-refractivity contribution in [2.45, 2.75) is 27.1 Å².